The molecule has 3 atom stereocenters. The van der Waals surface area contributed by atoms with E-state index in [1.807, 2.05) is 0 Å². The molecule has 0 aromatic rings. The van der Waals surface area contributed by atoms with Crippen LogP contribution in [0.2, 0.25) is 0 Å². The van der Waals surface area contributed by atoms with Crippen LogP contribution in [0.3, 0.4) is 0 Å². The van der Waals surface area contributed by atoms with E-state index in [9.17, 15) is 14.7 Å². The van der Waals surface area contributed by atoms with Gasteiger partial charge < -0.3 is 20.9 Å². The lowest BCUT2D eigenvalue weighted by Gasteiger charge is -2.27. The first-order valence-electron chi connectivity index (χ1n) is 6.38. The van der Waals surface area contributed by atoms with Crippen LogP contribution >= 0.6 is 0 Å². The molecule has 0 aromatic carbocycles. The number of amides is 1. The van der Waals surface area contributed by atoms with Gasteiger partial charge in [-0.25, -0.2) is 4.79 Å². The molecule has 2 rings (SSSR count). The molecule has 0 bridgehead atoms. The zero-order chi connectivity index (χ0) is 13.3. The summed E-state index contributed by atoms with van der Waals surface area (Å²) in [6.07, 6.45) is 2.41. The predicted octanol–water partition coefficient (Wildman–Crippen LogP) is -0.138. The fraction of sp³-hybridized carbons (Fsp3) is 0.833. The summed E-state index contributed by atoms with van der Waals surface area (Å²) in [5.74, 6) is -1.28. The number of carboxylic acids is 1. The molecule has 2 fully saturated rings. The van der Waals surface area contributed by atoms with Crippen molar-refractivity contribution in [2.45, 2.75) is 50.4 Å². The van der Waals surface area contributed by atoms with Crippen molar-refractivity contribution in [1.29, 1.82) is 0 Å². The van der Waals surface area contributed by atoms with Crippen molar-refractivity contribution < 1.29 is 19.4 Å². The summed E-state index contributed by atoms with van der Waals surface area (Å²) in [6, 6.07) is 0. The minimum atomic E-state index is -1.17. The average Bonchev–Trinajstić information content (AvgIpc) is 3.07. The number of nitrogens with two attached hydrogens (primary N) is 1. The molecule has 4 N–H and O–H groups in total. The molecule has 2 aliphatic rings. The van der Waals surface area contributed by atoms with Gasteiger partial charge in [0.2, 0.25) is 5.91 Å². The molecule has 1 saturated heterocycles. The molecule has 0 aromatic heterocycles. The lowest BCUT2D eigenvalue weighted by atomic mass is 9.95. The third-order valence-electron chi connectivity index (χ3n) is 3.88. The van der Waals surface area contributed by atoms with E-state index >= 15 is 0 Å². The highest BCUT2D eigenvalue weighted by molar-refractivity contribution is 5.89. The first kappa shape index (κ1) is 13.3. The predicted molar refractivity (Wildman–Crippen MR) is 63.9 cm³/mol. The summed E-state index contributed by atoms with van der Waals surface area (Å²) in [4.78, 5) is 23.3. The second-order valence-corrected chi connectivity index (χ2v) is 5.33. The van der Waals surface area contributed by atoms with Crippen molar-refractivity contribution in [3.8, 4) is 0 Å². The Labute approximate surface area is 106 Å². The minimum absolute atomic E-state index is 0.0330. The lowest BCUT2D eigenvalue weighted by molar-refractivity contribution is -0.150. The van der Waals surface area contributed by atoms with Crippen molar-refractivity contribution in [2.75, 3.05) is 6.54 Å². The van der Waals surface area contributed by atoms with E-state index in [4.69, 9.17) is 10.5 Å². The number of hydrogen-bond donors (Lipinski definition) is 3. The van der Waals surface area contributed by atoms with E-state index in [2.05, 4.69) is 5.32 Å². The Morgan fingerprint density at radius 3 is 2.50 bits per heavy atom. The zero-order valence-electron chi connectivity index (χ0n) is 10.5. The van der Waals surface area contributed by atoms with Crippen LogP contribution < -0.4 is 11.1 Å². The van der Waals surface area contributed by atoms with Crippen molar-refractivity contribution in [3.05, 3.63) is 0 Å². The van der Waals surface area contributed by atoms with E-state index < -0.39 is 17.6 Å². The van der Waals surface area contributed by atoms with Crippen LogP contribution in [0.4, 0.5) is 0 Å². The molecule has 0 radical (unpaired) electrons. The monoisotopic (exact) mass is 256 g/mol. The van der Waals surface area contributed by atoms with Crippen molar-refractivity contribution in [3.63, 3.8) is 0 Å². The van der Waals surface area contributed by atoms with Gasteiger partial charge in [-0.2, -0.15) is 0 Å². The number of ether oxygens (including phenoxy) is 1. The number of carbonyl (C=O) groups excluding carboxylic acids is 1. The lowest BCUT2D eigenvalue weighted by Crippen LogP contribution is -2.56. The highest BCUT2D eigenvalue weighted by atomic mass is 16.5. The average molecular weight is 256 g/mol. The van der Waals surface area contributed by atoms with E-state index in [-0.39, 0.29) is 17.9 Å². The quantitative estimate of drug-likeness (QED) is 0.635. The van der Waals surface area contributed by atoms with Crippen LogP contribution in [0.5, 0.6) is 0 Å². The van der Waals surface area contributed by atoms with E-state index in [0.717, 1.165) is 19.3 Å². The number of hydrogen-bond acceptors (Lipinski definition) is 4. The van der Waals surface area contributed by atoms with Gasteiger partial charge in [0, 0.05) is 6.54 Å². The highest BCUT2D eigenvalue weighted by Crippen LogP contribution is 2.40. The van der Waals surface area contributed by atoms with Crippen LogP contribution in [-0.2, 0) is 14.3 Å². The van der Waals surface area contributed by atoms with Crippen LogP contribution in [0.25, 0.3) is 0 Å². The molecular weight excluding hydrogens is 236 g/mol. The largest absolute Gasteiger partial charge is 0.480 e. The van der Waals surface area contributed by atoms with Gasteiger partial charge >= 0.3 is 5.97 Å². The standard InChI is InChI=1S/C12H20N2O4/c1-12(11(16)17,7-2-3-7)14-10(15)9-5-4-8(6-13)18-9/h7-9H,2-6,13H2,1H3,(H,14,15)(H,16,17). The van der Waals surface area contributed by atoms with Crippen LogP contribution in [-0.4, -0.2) is 41.3 Å². The van der Waals surface area contributed by atoms with E-state index in [1.54, 1.807) is 6.92 Å². The molecule has 18 heavy (non-hydrogen) atoms. The first-order valence-corrected chi connectivity index (χ1v) is 6.38. The van der Waals surface area contributed by atoms with Crippen LogP contribution in [0.15, 0.2) is 0 Å². The van der Waals surface area contributed by atoms with Crippen LogP contribution in [0.1, 0.15) is 32.6 Å². The summed E-state index contributed by atoms with van der Waals surface area (Å²) in [5, 5.41) is 11.9. The number of rotatable bonds is 5. The fourth-order valence-corrected chi connectivity index (χ4v) is 2.40. The van der Waals surface area contributed by atoms with Gasteiger partial charge in [0.15, 0.2) is 0 Å². The third kappa shape index (κ3) is 2.49. The topological polar surface area (TPSA) is 102 Å². The number of aliphatic carboxylic acids is 1. The molecule has 6 nitrogen and oxygen atoms in total. The van der Waals surface area contributed by atoms with E-state index in [0.29, 0.717) is 13.0 Å². The van der Waals surface area contributed by atoms with Crippen LogP contribution in [0, 0.1) is 5.92 Å². The Balaban J connectivity index is 1.96. The number of carboxylic acid groups (broad SMARTS) is 1. The molecule has 102 valence electrons. The maximum atomic E-state index is 12.0. The maximum absolute atomic E-state index is 12.0. The smallest absolute Gasteiger partial charge is 0.329 e. The molecule has 1 heterocycles. The van der Waals surface area contributed by atoms with Crippen molar-refractivity contribution >= 4 is 11.9 Å². The Morgan fingerprint density at radius 1 is 1.39 bits per heavy atom. The SMILES string of the molecule is CC(NC(=O)C1CCC(CN)O1)(C(=O)O)C1CC1. The normalized spacial score (nSPS) is 30.8. The molecule has 1 aliphatic carbocycles. The van der Waals surface area contributed by atoms with Gasteiger partial charge in [0.1, 0.15) is 11.6 Å². The van der Waals surface area contributed by atoms with Gasteiger partial charge in [-0.1, -0.05) is 0 Å². The summed E-state index contributed by atoms with van der Waals surface area (Å²) in [5.41, 5.74) is 4.31. The second-order valence-electron chi connectivity index (χ2n) is 5.33. The molecule has 6 heteroatoms. The Hall–Kier alpha value is -1.14. The molecule has 1 saturated carbocycles. The zero-order valence-corrected chi connectivity index (χ0v) is 10.5. The van der Waals surface area contributed by atoms with Crippen molar-refractivity contribution in [2.24, 2.45) is 11.7 Å². The second kappa shape index (κ2) is 4.85. The van der Waals surface area contributed by atoms with Gasteiger partial charge in [0.05, 0.1) is 6.10 Å². The van der Waals surface area contributed by atoms with Gasteiger partial charge in [0.25, 0.3) is 0 Å². The first-order chi connectivity index (χ1) is 8.47. The van der Waals surface area contributed by atoms with Gasteiger partial charge in [-0.15, -0.1) is 0 Å². The Morgan fingerprint density at radius 2 is 2.06 bits per heavy atom. The number of nitrogens with one attached hydrogen (secondary N) is 1. The summed E-state index contributed by atoms with van der Waals surface area (Å²) >= 11 is 0. The maximum Gasteiger partial charge on any atom is 0.329 e. The molecule has 1 amide bonds. The fourth-order valence-electron chi connectivity index (χ4n) is 2.40. The molecule has 1 aliphatic heterocycles. The Bertz CT molecular complexity index is 356. The van der Waals surface area contributed by atoms with Gasteiger partial charge in [-0.3, -0.25) is 4.79 Å². The van der Waals surface area contributed by atoms with Gasteiger partial charge in [-0.05, 0) is 38.5 Å². The van der Waals surface area contributed by atoms with E-state index in [1.165, 1.54) is 0 Å². The summed E-state index contributed by atoms with van der Waals surface area (Å²) in [6.45, 7) is 1.96. The molecular formula is C12H20N2O4. The summed E-state index contributed by atoms with van der Waals surface area (Å²) < 4.78 is 5.47. The van der Waals surface area contributed by atoms with Crippen molar-refractivity contribution in [1.82, 2.24) is 5.32 Å². The summed E-state index contributed by atoms with van der Waals surface area (Å²) in [7, 11) is 0. The molecule has 3 unspecified atom stereocenters. The highest BCUT2D eigenvalue weighted by Gasteiger charge is 2.49. The molecule has 0 spiro atoms. The third-order valence-corrected chi connectivity index (χ3v) is 3.88. The number of carbonyl (C=O) groups is 2. The minimum Gasteiger partial charge on any atom is -0.480 e. The Kier molecular flexibility index (Phi) is 3.59.